The first-order valence-corrected chi connectivity index (χ1v) is 6.72. The highest BCUT2D eigenvalue weighted by Gasteiger charge is 2.02. The van der Waals surface area contributed by atoms with E-state index >= 15 is 0 Å². The molecule has 4 heteroatoms. The summed E-state index contributed by atoms with van der Waals surface area (Å²) in [6, 6.07) is 12.3. The minimum atomic E-state index is -0.457. The number of carbonyl (C=O) groups excluding carboxylic acids is 1. The summed E-state index contributed by atoms with van der Waals surface area (Å²) < 4.78 is 5.19. The lowest BCUT2D eigenvalue weighted by Gasteiger charge is -2.02. The van der Waals surface area contributed by atoms with E-state index in [2.05, 4.69) is 0 Å². The van der Waals surface area contributed by atoms with Crippen molar-refractivity contribution in [3.63, 3.8) is 0 Å². The summed E-state index contributed by atoms with van der Waals surface area (Å²) >= 11 is 11.8. The molecular weight excluding hydrogens is 295 g/mol. The van der Waals surface area contributed by atoms with Gasteiger partial charge in [-0.3, -0.25) is 0 Å². The molecule has 0 aliphatic rings. The van der Waals surface area contributed by atoms with Crippen LogP contribution in [0, 0.1) is 6.92 Å². The topological polar surface area (TPSA) is 26.3 Å². The van der Waals surface area contributed by atoms with Gasteiger partial charge in [0.2, 0.25) is 0 Å². The maximum absolute atomic E-state index is 11.7. The fraction of sp³-hybridized carbons (Fsp3) is 0.0625. The number of esters is 1. The molecule has 0 bridgehead atoms. The number of benzene rings is 2. The van der Waals surface area contributed by atoms with E-state index in [4.69, 9.17) is 27.9 Å². The minimum absolute atomic E-state index is 0.457. The SMILES string of the molecule is Cc1cccc(OC(=O)/C=C/c2ccc(Cl)cc2Cl)c1. The van der Waals surface area contributed by atoms with E-state index in [1.165, 1.54) is 6.08 Å². The molecule has 0 atom stereocenters. The lowest BCUT2D eigenvalue weighted by atomic mass is 10.2. The van der Waals surface area contributed by atoms with E-state index in [1.807, 2.05) is 19.1 Å². The van der Waals surface area contributed by atoms with Gasteiger partial charge in [-0.05, 0) is 48.4 Å². The van der Waals surface area contributed by atoms with E-state index < -0.39 is 5.97 Å². The summed E-state index contributed by atoms with van der Waals surface area (Å²) in [5.41, 5.74) is 1.73. The van der Waals surface area contributed by atoms with Crippen LogP contribution in [-0.4, -0.2) is 5.97 Å². The molecular formula is C16H12Cl2O2. The first-order chi connectivity index (χ1) is 9.54. The molecule has 0 amide bonds. The molecule has 102 valence electrons. The smallest absolute Gasteiger partial charge is 0.336 e. The summed E-state index contributed by atoms with van der Waals surface area (Å²) in [5.74, 6) is 0.0588. The van der Waals surface area contributed by atoms with E-state index in [0.717, 1.165) is 5.56 Å². The molecule has 0 aliphatic heterocycles. The molecule has 0 spiro atoms. The van der Waals surface area contributed by atoms with Gasteiger partial charge < -0.3 is 4.74 Å². The maximum atomic E-state index is 11.7. The van der Waals surface area contributed by atoms with Gasteiger partial charge in [0.05, 0.1) is 0 Å². The van der Waals surface area contributed by atoms with Gasteiger partial charge in [0.15, 0.2) is 0 Å². The molecule has 0 N–H and O–H groups in total. The predicted molar refractivity (Wildman–Crippen MR) is 82.3 cm³/mol. The molecule has 0 aliphatic carbocycles. The highest BCUT2D eigenvalue weighted by Crippen LogP contribution is 2.22. The second-order valence-corrected chi connectivity index (χ2v) is 5.08. The molecule has 0 aromatic heterocycles. The van der Waals surface area contributed by atoms with Gasteiger partial charge in [0.1, 0.15) is 5.75 Å². The fourth-order valence-electron chi connectivity index (χ4n) is 1.62. The third kappa shape index (κ3) is 4.12. The lowest BCUT2D eigenvalue weighted by molar-refractivity contribution is -0.128. The Bertz CT molecular complexity index is 663. The Kier molecular flexibility index (Phi) is 4.83. The van der Waals surface area contributed by atoms with Gasteiger partial charge >= 0.3 is 5.97 Å². The van der Waals surface area contributed by atoms with Crippen molar-refractivity contribution in [3.8, 4) is 5.75 Å². The highest BCUT2D eigenvalue weighted by molar-refractivity contribution is 6.35. The predicted octanol–water partition coefficient (Wildman–Crippen LogP) is 4.92. The molecule has 0 saturated heterocycles. The second-order valence-electron chi connectivity index (χ2n) is 4.24. The number of carbonyl (C=O) groups is 1. The Balaban J connectivity index is 2.06. The van der Waals surface area contributed by atoms with Crippen molar-refractivity contribution in [3.05, 3.63) is 69.7 Å². The Hall–Kier alpha value is -1.77. The van der Waals surface area contributed by atoms with E-state index in [0.29, 0.717) is 21.4 Å². The van der Waals surface area contributed by atoms with E-state index in [-0.39, 0.29) is 0 Å². The molecule has 2 aromatic carbocycles. The monoisotopic (exact) mass is 306 g/mol. The van der Waals surface area contributed by atoms with E-state index in [9.17, 15) is 4.79 Å². The van der Waals surface area contributed by atoms with Gasteiger partial charge in [0, 0.05) is 16.1 Å². The van der Waals surface area contributed by atoms with Crippen molar-refractivity contribution >= 4 is 35.2 Å². The summed E-state index contributed by atoms with van der Waals surface area (Å²) in [5, 5.41) is 1.03. The fourth-order valence-corrected chi connectivity index (χ4v) is 2.09. The molecule has 0 saturated carbocycles. The van der Waals surface area contributed by atoms with Crippen molar-refractivity contribution in [2.45, 2.75) is 6.92 Å². The van der Waals surface area contributed by atoms with Crippen molar-refractivity contribution < 1.29 is 9.53 Å². The molecule has 0 heterocycles. The zero-order chi connectivity index (χ0) is 14.5. The largest absolute Gasteiger partial charge is 0.423 e. The Labute approximate surface area is 127 Å². The third-order valence-electron chi connectivity index (χ3n) is 2.57. The molecule has 2 nitrogen and oxygen atoms in total. The Morgan fingerprint density at radius 3 is 2.65 bits per heavy atom. The quantitative estimate of drug-likeness (QED) is 0.457. The zero-order valence-electron chi connectivity index (χ0n) is 10.8. The minimum Gasteiger partial charge on any atom is -0.423 e. The standard InChI is InChI=1S/C16H12Cl2O2/c1-11-3-2-4-14(9-11)20-16(19)8-6-12-5-7-13(17)10-15(12)18/h2-10H,1H3/b8-6+. The van der Waals surface area contributed by atoms with Crippen LogP contribution in [-0.2, 0) is 4.79 Å². The van der Waals surface area contributed by atoms with Crippen LogP contribution in [0.1, 0.15) is 11.1 Å². The first kappa shape index (κ1) is 14.6. The number of aryl methyl sites for hydroxylation is 1. The van der Waals surface area contributed by atoms with Gasteiger partial charge in [-0.2, -0.15) is 0 Å². The molecule has 2 rings (SSSR count). The van der Waals surface area contributed by atoms with Crippen LogP contribution in [0.15, 0.2) is 48.5 Å². The summed E-state index contributed by atoms with van der Waals surface area (Å²) in [4.78, 5) is 11.7. The molecule has 0 unspecified atom stereocenters. The normalized spacial score (nSPS) is 10.8. The third-order valence-corrected chi connectivity index (χ3v) is 3.13. The molecule has 0 radical (unpaired) electrons. The van der Waals surface area contributed by atoms with Crippen LogP contribution in [0.3, 0.4) is 0 Å². The summed E-state index contributed by atoms with van der Waals surface area (Å²) in [6.45, 7) is 1.93. The number of hydrogen-bond donors (Lipinski definition) is 0. The number of rotatable bonds is 3. The second kappa shape index (κ2) is 6.60. The Morgan fingerprint density at radius 1 is 1.15 bits per heavy atom. The van der Waals surface area contributed by atoms with E-state index in [1.54, 1.807) is 36.4 Å². The van der Waals surface area contributed by atoms with Crippen molar-refractivity contribution in [2.75, 3.05) is 0 Å². The summed E-state index contributed by atoms with van der Waals surface area (Å²) in [6.07, 6.45) is 2.92. The average molecular weight is 307 g/mol. The molecule has 2 aromatic rings. The number of halogens is 2. The van der Waals surface area contributed by atoms with Crippen LogP contribution in [0.2, 0.25) is 10.0 Å². The average Bonchev–Trinajstić information content (AvgIpc) is 2.37. The number of hydrogen-bond acceptors (Lipinski definition) is 2. The van der Waals surface area contributed by atoms with Gasteiger partial charge in [-0.25, -0.2) is 4.79 Å². The van der Waals surface area contributed by atoms with Gasteiger partial charge in [0.25, 0.3) is 0 Å². The highest BCUT2D eigenvalue weighted by atomic mass is 35.5. The van der Waals surface area contributed by atoms with Crippen LogP contribution in [0.4, 0.5) is 0 Å². The molecule has 0 fully saturated rings. The lowest BCUT2D eigenvalue weighted by Crippen LogP contribution is -2.03. The van der Waals surface area contributed by atoms with Crippen molar-refractivity contribution in [1.82, 2.24) is 0 Å². The van der Waals surface area contributed by atoms with Crippen molar-refractivity contribution in [1.29, 1.82) is 0 Å². The number of ether oxygens (including phenoxy) is 1. The van der Waals surface area contributed by atoms with Crippen LogP contribution < -0.4 is 4.74 Å². The first-order valence-electron chi connectivity index (χ1n) is 5.96. The summed E-state index contributed by atoms with van der Waals surface area (Å²) in [7, 11) is 0. The van der Waals surface area contributed by atoms with Crippen molar-refractivity contribution in [2.24, 2.45) is 0 Å². The van der Waals surface area contributed by atoms with Gasteiger partial charge in [-0.1, -0.05) is 41.4 Å². The van der Waals surface area contributed by atoms with Crippen LogP contribution >= 0.6 is 23.2 Å². The van der Waals surface area contributed by atoms with Gasteiger partial charge in [-0.15, -0.1) is 0 Å². The van der Waals surface area contributed by atoms with Crippen LogP contribution in [0.5, 0.6) is 5.75 Å². The zero-order valence-corrected chi connectivity index (χ0v) is 12.3. The Morgan fingerprint density at radius 2 is 1.95 bits per heavy atom. The maximum Gasteiger partial charge on any atom is 0.336 e. The van der Waals surface area contributed by atoms with Crippen LogP contribution in [0.25, 0.3) is 6.08 Å². The molecule has 20 heavy (non-hydrogen) atoms.